The van der Waals surface area contributed by atoms with Crippen LogP contribution < -0.4 is 10.6 Å². The number of likely N-dealkylation sites (tertiary alicyclic amines) is 1. The molecule has 0 aromatic rings. The van der Waals surface area contributed by atoms with Gasteiger partial charge in [-0.2, -0.15) is 0 Å². The third-order valence-electron chi connectivity index (χ3n) is 6.91. The van der Waals surface area contributed by atoms with Gasteiger partial charge in [0.15, 0.2) is 0 Å². The Kier molecular flexibility index (Phi) is 7.77. The zero-order valence-electron chi connectivity index (χ0n) is 19.2. The average Bonchev–Trinajstić information content (AvgIpc) is 3.13. The minimum absolute atomic E-state index is 0.0828. The predicted molar refractivity (Wildman–Crippen MR) is 117 cm³/mol. The average molecular weight is 421 g/mol. The summed E-state index contributed by atoms with van der Waals surface area (Å²) < 4.78 is 0. The van der Waals surface area contributed by atoms with Gasteiger partial charge in [0.25, 0.3) is 0 Å². The topological polar surface area (TPSA) is 81.8 Å². The number of rotatable bonds is 7. The third kappa shape index (κ3) is 5.54. The Balaban J connectivity index is 1.64. The van der Waals surface area contributed by atoms with Gasteiger partial charge in [-0.05, 0) is 49.4 Å². The van der Waals surface area contributed by atoms with Crippen molar-refractivity contribution in [1.29, 1.82) is 0 Å². The normalized spacial score (nSPS) is 27.1. The summed E-state index contributed by atoms with van der Waals surface area (Å²) in [6.45, 7) is 12.1. The van der Waals surface area contributed by atoms with Gasteiger partial charge >= 0.3 is 0 Å². The lowest BCUT2D eigenvalue weighted by Crippen LogP contribution is -2.62. The molecule has 170 valence electrons. The van der Waals surface area contributed by atoms with Gasteiger partial charge in [0.2, 0.25) is 17.7 Å². The van der Waals surface area contributed by atoms with Crippen LogP contribution in [0.1, 0.15) is 59.8 Å². The number of carbonyl (C=O) groups is 3. The first-order valence-electron chi connectivity index (χ1n) is 11.9. The molecule has 0 aromatic carbocycles. The van der Waals surface area contributed by atoms with Gasteiger partial charge in [0, 0.05) is 39.1 Å². The van der Waals surface area contributed by atoms with Crippen molar-refractivity contribution in [3.8, 4) is 0 Å². The van der Waals surface area contributed by atoms with Crippen molar-refractivity contribution >= 4 is 17.7 Å². The van der Waals surface area contributed by atoms with E-state index in [0.29, 0.717) is 43.1 Å². The quantitative estimate of drug-likeness (QED) is 0.656. The maximum Gasteiger partial charge on any atom is 0.245 e. The van der Waals surface area contributed by atoms with Gasteiger partial charge < -0.3 is 20.4 Å². The fourth-order valence-electron chi connectivity index (χ4n) is 5.29. The van der Waals surface area contributed by atoms with E-state index in [1.165, 1.54) is 0 Å². The second-order valence-electron chi connectivity index (χ2n) is 10.2. The smallest absolute Gasteiger partial charge is 0.245 e. The second-order valence-corrected chi connectivity index (χ2v) is 10.2. The molecule has 3 heterocycles. The van der Waals surface area contributed by atoms with E-state index in [-0.39, 0.29) is 29.8 Å². The maximum absolute atomic E-state index is 13.5. The van der Waals surface area contributed by atoms with Crippen LogP contribution in [0, 0.1) is 23.7 Å². The molecule has 3 atom stereocenters. The van der Waals surface area contributed by atoms with Gasteiger partial charge in [-0.15, -0.1) is 0 Å². The van der Waals surface area contributed by atoms with Crippen LogP contribution in [0.4, 0.5) is 0 Å². The van der Waals surface area contributed by atoms with Crippen LogP contribution in [-0.2, 0) is 14.4 Å². The van der Waals surface area contributed by atoms with Gasteiger partial charge in [0.05, 0.1) is 6.04 Å². The Morgan fingerprint density at radius 1 is 1.03 bits per heavy atom. The molecule has 3 fully saturated rings. The maximum atomic E-state index is 13.5. The van der Waals surface area contributed by atoms with Gasteiger partial charge in [-0.3, -0.25) is 14.4 Å². The van der Waals surface area contributed by atoms with Crippen LogP contribution in [0.25, 0.3) is 0 Å². The molecule has 0 radical (unpaired) electrons. The third-order valence-corrected chi connectivity index (χ3v) is 6.91. The Morgan fingerprint density at radius 3 is 2.30 bits per heavy atom. The molecule has 3 saturated heterocycles. The monoisotopic (exact) mass is 420 g/mol. The van der Waals surface area contributed by atoms with E-state index in [4.69, 9.17) is 0 Å². The number of piperazine rings is 1. The van der Waals surface area contributed by atoms with E-state index in [2.05, 4.69) is 38.3 Å². The lowest BCUT2D eigenvalue weighted by Gasteiger charge is -2.42. The minimum Gasteiger partial charge on any atom is -0.356 e. The molecule has 0 spiro atoms. The number of amides is 3. The lowest BCUT2D eigenvalue weighted by molar-refractivity contribution is -0.150. The van der Waals surface area contributed by atoms with Crippen LogP contribution in [-0.4, -0.2) is 72.3 Å². The summed E-state index contributed by atoms with van der Waals surface area (Å²) in [5, 5.41) is 6.28. The molecule has 7 nitrogen and oxygen atoms in total. The standard InChI is InChI=1S/C23H40N4O3/c1-15(2)11-19-22(29)27(10-7-24-19)20(12-16(3)4)23(30)26-8-5-17(6-9-26)18-13-21(28)25-14-18/h15-20,24H,5-14H2,1-4H3,(H,25,28)/t18?,19-,20?/m0/s1. The van der Waals surface area contributed by atoms with E-state index in [9.17, 15) is 14.4 Å². The number of hydrogen-bond acceptors (Lipinski definition) is 4. The van der Waals surface area contributed by atoms with E-state index in [1.807, 2.05) is 9.80 Å². The van der Waals surface area contributed by atoms with Crippen molar-refractivity contribution in [2.45, 2.75) is 71.9 Å². The molecular weight excluding hydrogens is 380 g/mol. The number of carbonyl (C=O) groups excluding carboxylic acids is 3. The first kappa shape index (κ1) is 23.0. The Labute approximate surface area is 181 Å². The minimum atomic E-state index is -0.361. The zero-order chi connectivity index (χ0) is 21.8. The Hall–Kier alpha value is -1.63. The largest absolute Gasteiger partial charge is 0.356 e. The number of hydrogen-bond donors (Lipinski definition) is 2. The van der Waals surface area contributed by atoms with Crippen LogP contribution in [0.2, 0.25) is 0 Å². The van der Waals surface area contributed by atoms with Crippen molar-refractivity contribution in [1.82, 2.24) is 20.4 Å². The second kappa shape index (κ2) is 10.1. The van der Waals surface area contributed by atoms with E-state index in [0.717, 1.165) is 45.4 Å². The first-order valence-corrected chi connectivity index (χ1v) is 11.9. The highest BCUT2D eigenvalue weighted by atomic mass is 16.2. The summed E-state index contributed by atoms with van der Waals surface area (Å²) in [7, 11) is 0. The summed E-state index contributed by atoms with van der Waals surface area (Å²) in [6.07, 6.45) is 4.04. The Morgan fingerprint density at radius 2 is 1.73 bits per heavy atom. The van der Waals surface area contributed by atoms with Crippen LogP contribution in [0.15, 0.2) is 0 Å². The highest BCUT2D eigenvalue weighted by Gasteiger charge is 2.40. The fraction of sp³-hybridized carbons (Fsp3) is 0.870. The van der Waals surface area contributed by atoms with Crippen molar-refractivity contribution < 1.29 is 14.4 Å². The van der Waals surface area contributed by atoms with Crippen molar-refractivity contribution in [3.05, 3.63) is 0 Å². The summed E-state index contributed by atoms with van der Waals surface area (Å²) in [5.41, 5.74) is 0. The number of nitrogens with one attached hydrogen (secondary N) is 2. The van der Waals surface area contributed by atoms with Crippen LogP contribution >= 0.6 is 0 Å². The molecule has 0 bridgehead atoms. The summed E-state index contributed by atoms with van der Waals surface area (Å²) in [4.78, 5) is 42.1. The fourth-order valence-corrected chi connectivity index (χ4v) is 5.29. The summed E-state index contributed by atoms with van der Waals surface area (Å²) in [6, 6.07) is -0.542. The van der Waals surface area contributed by atoms with Crippen LogP contribution in [0.3, 0.4) is 0 Å². The Bertz CT molecular complexity index is 628. The molecular formula is C23H40N4O3. The lowest BCUT2D eigenvalue weighted by atomic mass is 9.83. The molecule has 3 aliphatic heterocycles. The molecule has 3 aliphatic rings. The SMILES string of the molecule is CC(C)CC(C(=O)N1CCC(C2CNC(=O)C2)CC1)N1CCN[C@@H](CC(C)C)C1=O. The van der Waals surface area contributed by atoms with Crippen molar-refractivity contribution in [2.75, 3.05) is 32.7 Å². The summed E-state index contributed by atoms with van der Waals surface area (Å²) >= 11 is 0. The number of piperidine rings is 1. The number of nitrogens with zero attached hydrogens (tertiary/aromatic N) is 2. The molecule has 0 aromatic heterocycles. The van der Waals surface area contributed by atoms with Crippen LogP contribution in [0.5, 0.6) is 0 Å². The van der Waals surface area contributed by atoms with Gasteiger partial charge in [-0.1, -0.05) is 27.7 Å². The van der Waals surface area contributed by atoms with Gasteiger partial charge in [-0.25, -0.2) is 0 Å². The molecule has 3 amide bonds. The molecule has 30 heavy (non-hydrogen) atoms. The van der Waals surface area contributed by atoms with Crippen molar-refractivity contribution in [2.24, 2.45) is 23.7 Å². The highest BCUT2D eigenvalue weighted by Crippen LogP contribution is 2.30. The molecule has 2 N–H and O–H groups in total. The highest BCUT2D eigenvalue weighted by molar-refractivity contribution is 5.90. The van der Waals surface area contributed by atoms with E-state index >= 15 is 0 Å². The predicted octanol–water partition coefficient (Wildman–Crippen LogP) is 1.62. The molecule has 0 saturated carbocycles. The molecule has 2 unspecified atom stereocenters. The van der Waals surface area contributed by atoms with Gasteiger partial charge in [0.1, 0.15) is 6.04 Å². The van der Waals surface area contributed by atoms with E-state index in [1.54, 1.807) is 0 Å². The summed E-state index contributed by atoms with van der Waals surface area (Å²) in [5.74, 6) is 2.05. The molecule has 7 heteroatoms. The molecule has 0 aliphatic carbocycles. The van der Waals surface area contributed by atoms with E-state index < -0.39 is 0 Å². The van der Waals surface area contributed by atoms with Crippen molar-refractivity contribution in [3.63, 3.8) is 0 Å². The molecule has 3 rings (SSSR count). The zero-order valence-corrected chi connectivity index (χ0v) is 19.2. The first-order chi connectivity index (χ1) is 14.3.